The molecule has 1 unspecified atom stereocenters. The third-order valence-corrected chi connectivity index (χ3v) is 1.38. The van der Waals surface area contributed by atoms with Crippen molar-refractivity contribution < 1.29 is 9.90 Å². The molecule has 4 heteroatoms. The fourth-order valence-corrected chi connectivity index (χ4v) is 0.873. The zero-order valence-corrected chi connectivity index (χ0v) is 5.22. The lowest BCUT2D eigenvalue weighted by molar-refractivity contribution is -0.138. The first kappa shape index (κ1) is 6.51. The van der Waals surface area contributed by atoms with Crippen LogP contribution in [0.2, 0.25) is 0 Å². The molecule has 1 heterocycles. The van der Waals surface area contributed by atoms with E-state index in [9.17, 15) is 4.79 Å². The maximum absolute atomic E-state index is 10.2. The van der Waals surface area contributed by atoms with E-state index in [1.165, 1.54) is 0 Å². The Hall–Kier alpha value is -0.610. The molecule has 3 N–H and O–H groups in total. The summed E-state index contributed by atoms with van der Waals surface area (Å²) >= 11 is 0. The minimum atomic E-state index is -0.785. The third kappa shape index (κ3) is 1.40. The van der Waals surface area contributed by atoms with Crippen molar-refractivity contribution >= 4 is 5.97 Å². The van der Waals surface area contributed by atoms with Gasteiger partial charge in [-0.15, -0.1) is 0 Å². The monoisotopic (exact) mass is 130 g/mol. The van der Waals surface area contributed by atoms with Crippen LogP contribution in [0.1, 0.15) is 6.92 Å². The molecule has 1 rings (SSSR count). The lowest BCUT2D eigenvalue weighted by atomic mass is 10.3. The highest BCUT2D eigenvalue weighted by Crippen LogP contribution is 1.92. The number of carboxylic acids is 1. The van der Waals surface area contributed by atoms with Crippen LogP contribution in [0.15, 0.2) is 0 Å². The Morgan fingerprint density at radius 3 is 2.67 bits per heavy atom. The van der Waals surface area contributed by atoms with Crippen molar-refractivity contribution in [3.63, 3.8) is 0 Å². The van der Waals surface area contributed by atoms with Crippen molar-refractivity contribution in [1.82, 2.24) is 10.6 Å². The number of rotatable bonds is 1. The highest BCUT2D eigenvalue weighted by Gasteiger charge is 2.24. The van der Waals surface area contributed by atoms with Gasteiger partial charge in [0.15, 0.2) is 0 Å². The van der Waals surface area contributed by atoms with Gasteiger partial charge in [-0.2, -0.15) is 0 Å². The second-order valence-corrected chi connectivity index (χ2v) is 2.19. The van der Waals surface area contributed by atoms with Crippen LogP contribution in [0, 0.1) is 0 Å². The van der Waals surface area contributed by atoms with Crippen molar-refractivity contribution in [2.24, 2.45) is 0 Å². The summed E-state index contributed by atoms with van der Waals surface area (Å²) < 4.78 is 0. The number of hydrogen-bond donors (Lipinski definition) is 3. The number of carbonyl (C=O) groups is 1. The lowest BCUT2D eigenvalue weighted by Gasteiger charge is -2.02. The van der Waals surface area contributed by atoms with Crippen molar-refractivity contribution in [2.45, 2.75) is 19.1 Å². The molecule has 1 aliphatic heterocycles. The smallest absolute Gasteiger partial charge is 0.322 e. The minimum Gasteiger partial charge on any atom is -0.480 e. The molecule has 1 aliphatic rings. The Bertz CT molecular complexity index is 126. The maximum atomic E-state index is 10.2. The summed E-state index contributed by atoms with van der Waals surface area (Å²) in [7, 11) is 0. The Kier molecular flexibility index (Phi) is 1.68. The average Bonchev–Trinajstić information content (AvgIpc) is 2.14. The van der Waals surface area contributed by atoms with E-state index in [0.29, 0.717) is 6.54 Å². The van der Waals surface area contributed by atoms with E-state index >= 15 is 0 Å². The third-order valence-electron chi connectivity index (χ3n) is 1.38. The van der Waals surface area contributed by atoms with E-state index in [4.69, 9.17) is 5.11 Å². The van der Waals surface area contributed by atoms with Crippen LogP contribution in [-0.4, -0.2) is 29.8 Å². The summed E-state index contributed by atoms with van der Waals surface area (Å²) in [6, 6.07) is -0.403. The van der Waals surface area contributed by atoms with Gasteiger partial charge >= 0.3 is 5.97 Å². The van der Waals surface area contributed by atoms with Gasteiger partial charge in [0.2, 0.25) is 0 Å². The van der Waals surface area contributed by atoms with E-state index in [1.807, 2.05) is 6.92 Å². The average molecular weight is 130 g/mol. The molecule has 52 valence electrons. The van der Waals surface area contributed by atoms with Crippen LogP contribution < -0.4 is 10.6 Å². The second-order valence-electron chi connectivity index (χ2n) is 2.19. The molecule has 0 aromatic carbocycles. The molecule has 0 aliphatic carbocycles. The minimum absolute atomic E-state index is 0.131. The van der Waals surface area contributed by atoms with Gasteiger partial charge in [0, 0.05) is 6.54 Å². The molecular weight excluding hydrogens is 120 g/mol. The van der Waals surface area contributed by atoms with Crippen LogP contribution in [-0.2, 0) is 4.79 Å². The molecule has 1 saturated heterocycles. The Labute approximate surface area is 53.2 Å². The van der Waals surface area contributed by atoms with Gasteiger partial charge in [-0.1, -0.05) is 0 Å². The van der Waals surface area contributed by atoms with Crippen molar-refractivity contribution in [3.05, 3.63) is 0 Å². The molecule has 0 amide bonds. The van der Waals surface area contributed by atoms with Gasteiger partial charge in [0.1, 0.15) is 6.04 Å². The standard InChI is InChI=1S/C5H10N2O2/c1-3-6-2-4(7-3)5(8)9/h3-4,6-7H,2H2,1H3,(H,8,9)/t3?,4-/m0/s1. The highest BCUT2D eigenvalue weighted by molar-refractivity contribution is 5.74. The normalized spacial score (nSPS) is 34.8. The molecule has 9 heavy (non-hydrogen) atoms. The van der Waals surface area contributed by atoms with Crippen LogP contribution in [0.3, 0.4) is 0 Å². The summed E-state index contributed by atoms with van der Waals surface area (Å²) in [5, 5.41) is 14.2. The highest BCUT2D eigenvalue weighted by atomic mass is 16.4. The molecule has 4 nitrogen and oxygen atoms in total. The number of aliphatic carboxylic acids is 1. The second kappa shape index (κ2) is 2.33. The molecule has 0 radical (unpaired) electrons. The fraction of sp³-hybridized carbons (Fsp3) is 0.800. The van der Waals surface area contributed by atoms with Crippen LogP contribution in [0.4, 0.5) is 0 Å². The first-order valence-corrected chi connectivity index (χ1v) is 2.92. The number of nitrogens with one attached hydrogen (secondary N) is 2. The first-order chi connectivity index (χ1) is 4.20. The SMILES string of the molecule is CC1NC[C@@H](C(=O)O)N1. The van der Waals surface area contributed by atoms with E-state index in [2.05, 4.69) is 10.6 Å². The predicted octanol–water partition coefficient (Wildman–Crippen LogP) is -1.02. The van der Waals surface area contributed by atoms with Crippen LogP contribution in [0.5, 0.6) is 0 Å². The zero-order valence-electron chi connectivity index (χ0n) is 5.22. The van der Waals surface area contributed by atoms with Gasteiger partial charge in [-0.25, -0.2) is 0 Å². The zero-order chi connectivity index (χ0) is 6.85. The number of carboxylic acid groups (broad SMARTS) is 1. The Morgan fingerprint density at radius 2 is 2.44 bits per heavy atom. The fourth-order valence-electron chi connectivity index (χ4n) is 0.873. The van der Waals surface area contributed by atoms with Crippen molar-refractivity contribution in [1.29, 1.82) is 0 Å². The maximum Gasteiger partial charge on any atom is 0.322 e. The lowest BCUT2D eigenvalue weighted by Crippen LogP contribution is -2.35. The molecule has 0 aromatic rings. The van der Waals surface area contributed by atoms with E-state index < -0.39 is 12.0 Å². The van der Waals surface area contributed by atoms with Gasteiger partial charge in [0.05, 0.1) is 6.17 Å². The van der Waals surface area contributed by atoms with E-state index in [1.54, 1.807) is 0 Å². The van der Waals surface area contributed by atoms with Crippen LogP contribution >= 0.6 is 0 Å². The summed E-state index contributed by atoms with van der Waals surface area (Å²) in [6.07, 6.45) is 0.131. The van der Waals surface area contributed by atoms with Crippen LogP contribution in [0.25, 0.3) is 0 Å². The summed E-state index contributed by atoms with van der Waals surface area (Å²) in [5.41, 5.74) is 0. The Morgan fingerprint density at radius 1 is 1.78 bits per heavy atom. The quantitative estimate of drug-likeness (QED) is 0.425. The van der Waals surface area contributed by atoms with Gasteiger partial charge in [-0.3, -0.25) is 15.4 Å². The van der Waals surface area contributed by atoms with E-state index in [-0.39, 0.29) is 6.17 Å². The van der Waals surface area contributed by atoms with Gasteiger partial charge in [-0.05, 0) is 6.92 Å². The Balaban J connectivity index is 2.39. The summed E-state index contributed by atoms with van der Waals surface area (Å²) in [4.78, 5) is 10.2. The largest absolute Gasteiger partial charge is 0.480 e. The van der Waals surface area contributed by atoms with Crippen molar-refractivity contribution in [2.75, 3.05) is 6.54 Å². The van der Waals surface area contributed by atoms with Crippen molar-refractivity contribution in [3.8, 4) is 0 Å². The molecule has 0 bridgehead atoms. The topological polar surface area (TPSA) is 61.4 Å². The summed E-state index contributed by atoms with van der Waals surface area (Å²) in [5.74, 6) is -0.785. The van der Waals surface area contributed by atoms with E-state index in [0.717, 1.165) is 0 Å². The molecule has 1 fully saturated rings. The first-order valence-electron chi connectivity index (χ1n) is 2.92. The molecular formula is C5H10N2O2. The molecule has 0 aromatic heterocycles. The predicted molar refractivity (Wildman–Crippen MR) is 32.0 cm³/mol. The molecule has 0 saturated carbocycles. The van der Waals surface area contributed by atoms with Gasteiger partial charge < -0.3 is 5.11 Å². The summed E-state index contributed by atoms with van der Waals surface area (Å²) in [6.45, 7) is 2.42. The molecule has 2 atom stereocenters. The molecule has 0 spiro atoms. The van der Waals surface area contributed by atoms with Gasteiger partial charge in [0.25, 0.3) is 0 Å². The number of hydrogen-bond acceptors (Lipinski definition) is 3.